The molecule has 124 valence electrons. The zero-order chi connectivity index (χ0) is 17.6. The summed E-state index contributed by atoms with van der Waals surface area (Å²) in [5.74, 6) is -2.27. The molecule has 1 aromatic heterocycles. The van der Waals surface area contributed by atoms with Gasteiger partial charge in [-0.05, 0) is 31.7 Å². The lowest BCUT2D eigenvalue weighted by Crippen LogP contribution is -2.32. The van der Waals surface area contributed by atoms with Crippen LogP contribution in [0.1, 0.15) is 24.3 Å². The van der Waals surface area contributed by atoms with E-state index in [-0.39, 0.29) is 18.2 Å². The summed E-state index contributed by atoms with van der Waals surface area (Å²) in [5, 5.41) is 14.1. The van der Waals surface area contributed by atoms with Gasteiger partial charge < -0.3 is 10.1 Å². The molecule has 0 aliphatic heterocycles. The number of hydrogen-bond acceptors (Lipinski definition) is 6. The number of aliphatic imine (C=N–C) groups is 1. The summed E-state index contributed by atoms with van der Waals surface area (Å²) < 4.78 is 4.93. The molecule has 0 saturated carbocycles. The number of nitrogens with one attached hydrogen (secondary N) is 1. The highest BCUT2D eigenvalue weighted by atomic mass is 35.5. The number of ether oxygens (including phenoxy) is 1. The lowest BCUT2D eigenvalue weighted by Gasteiger charge is -2.14. The van der Waals surface area contributed by atoms with Crippen molar-refractivity contribution in [2.45, 2.75) is 26.8 Å². The Morgan fingerprint density at radius 1 is 1.57 bits per heavy atom. The molecule has 1 amide bonds. The van der Waals surface area contributed by atoms with Crippen molar-refractivity contribution in [3.8, 4) is 6.07 Å². The third-order valence-electron chi connectivity index (χ3n) is 3.02. The van der Waals surface area contributed by atoms with Gasteiger partial charge >= 0.3 is 5.97 Å². The maximum atomic E-state index is 12.1. The molecule has 1 unspecified atom stereocenters. The van der Waals surface area contributed by atoms with Crippen LogP contribution in [0.5, 0.6) is 0 Å². The van der Waals surface area contributed by atoms with Gasteiger partial charge in [0.2, 0.25) is 5.91 Å². The lowest BCUT2D eigenvalue weighted by molar-refractivity contribution is -0.144. The van der Waals surface area contributed by atoms with Gasteiger partial charge in [0.15, 0.2) is 5.92 Å². The first-order valence-electron chi connectivity index (χ1n) is 6.96. The first-order valence-corrected chi connectivity index (χ1v) is 8.22. The van der Waals surface area contributed by atoms with Crippen LogP contribution >= 0.6 is 22.9 Å². The fraction of sp³-hybridized carbons (Fsp3) is 0.467. The highest BCUT2D eigenvalue weighted by Gasteiger charge is 2.30. The van der Waals surface area contributed by atoms with Crippen LogP contribution < -0.4 is 5.32 Å². The Balaban J connectivity index is 3.40. The number of carbonyl (C=O) groups is 2. The molecule has 0 spiro atoms. The van der Waals surface area contributed by atoms with Crippen LogP contribution in [0.25, 0.3) is 0 Å². The van der Waals surface area contributed by atoms with Crippen LogP contribution in [0, 0.1) is 24.2 Å². The average molecular weight is 356 g/mol. The number of likely N-dealkylation sites (N-methyl/N-ethyl adjacent to an activating group) is 1. The molecule has 0 aromatic carbocycles. The van der Waals surface area contributed by atoms with Crippen molar-refractivity contribution in [1.82, 2.24) is 5.32 Å². The summed E-state index contributed by atoms with van der Waals surface area (Å²) in [6.07, 6.45) is 0. The highest BCUT2D eigenvalue weighted by Crippen LogP contribution is 2.30. The largest absolute Gasteiger partial charge is 0.465 e. The van der Waals surface area contributed by atoms with E-state index in [1.807, 2.05) is 13.0 Å². The van der Waals surface area contributed by atoms with Gasteiger partial charge in [0.25, 0.3) is 0 Å². The van der Waals surface area contributed by atoms with E-state index in [2.05, 4.69) is 10.3 Å². The summed E-state index contributed by atoms with van der Waals surface area (Å²) in [6.45, 7) is 5.19. The lowest BCUT2D eigenvalue weighted by atomic mass is 10.0. The SMILES string of the molecule is CCOC(=O)C(C#N)C(=N[C@H](C)C(=O)NC)c1scc(C)c1Cl. The van der Waals surface area contributed by atoms with Crippen molar-refractivity contribution in [2.75, 3.05) is 13.7 Å². The van der Waals surface area contributed by atoms with Crippen molar-refractivity contribution in [2.24, 2.45) is 10.9 Å². The van der Waals surface area contributed by atoms with Gasteiger partial charge in [-0.2, -0.15) is 5.26 Å². The number of carbonyl (C=O) groups excluding carboxylic acids is 2. The van der Waals surface area contributed by atoms with Gasteiger partial charge in [-0.15, -0.1) is 11.3 Å². The molecule has 0 fully saturated rings. The zero-order valence-electron chi connectivity index (χ0n) is 13.3. The number of rotatable bonds is 6. The van der Waals surface area contributed by atoms with E-state index in [4.69, 9.17) is 16.3 Å². The molecule has 2 atom stereocenters. The normalized spacial score (nSPS) is 13.8. The van der Waals surface area contributed by atoms with Gasteiger partial charge in [-0.1, -0.05) is 11.6 Å². The van der Waals surface area contributed by atoms with Gasteiger partial charge in [0.05, 0.1) is 28.3 Å². The van der Waals surface area contributed by atoms with Crippen LogP contribution in [0.15, 0.2) is 10.4 Å². The Hall–Kier alpha value is -1.91. The van der Waals surface area contributed by atoms with Crippen LogP contribution in [-0.2, 0) is 14.3 Å². The Morgan fingerprint density at radius 2 is 2.22 bits per heavy atom. The molecular formula is C15H18ClN3O3S. The minimum absolute atomic E-state index is 0.145. The molecule has 0 saturated heterocycles. The molecule has 1 aromatic rings. The molecule has 1 N–H and O–H groups in total. The second-order valence-electron chi connectivity index (χ2n) is 4.68. The van der Waals surface area contributed by atoms with Crippen LogP contribution in [0.3, 0.4) is 0 Å². The first-order chi connectivity index (χ1) is 10.9. The van der Waals surface area contributed by atoms with Gasteiger partial charge in [0.1, 0.15) is 6.04 Å². The Kier molecular flexibility index (Phi) is 7.20. The third kappa shape index (κ3) is 4.53. The summed E-state index contributed by atoms with van der Waals surface area (Å²) >= 11 is 7.52. The molecular weight excluding hydrogens is 338 g/mol. The van der Waals surface area contributed by atoms with Gasteiger partial charge in [-0.25, -0.2) is 0 Å². The monoisotopic (exact) mass is 355 g/mol. The molecule has 0 bridgehead atoms. The molecule has 8 heteroatoms. The molecule has 0 aliphatic carbocycles. The van der Waals surface area contributed by atoms with Crippen molar-refractivity contribution >= 4 is 40.5 Å². The van der Waals surface area contributed by atoms with E-state index < -0.39 is 17.9 Å². The molecule has 0 aliphatic rings. The fourth-order valence-corrected chi connectivity index (χ4v) is 3.11. The fourth-order valence-electron chi connectivity index (χ4n) is 1.79. The van der Waals surface area contributed by atoms with E-state index >= 15 is 0 Å². The number of hydrogen-bond donors (Lipinski definition) is 1. The first kappa shape index (κ1) is 19.1. The van der Waals surface area contributed by atoms with E-state index in [1.165, 1.54) is 18.4 Å². The minimum atomic E-state index is -1.24. The number of nitriles is 1. The van der Waals surface area contributed by atoms with Crippen molar-refractivity contribution < 1.29 is 14.3 Å². The predicted octanol–water partition coefficient (Wildman–Crippen LogP) is 2.34. The van der Waals surface area contributed by atoms with Crippen molar-refractivity contribution in [3.63, 3.8) is 0 Å². The van der Waals surface area contributed by atoms with Crippen LogP contribution in [0.4, 0.5) is 0 Å². The summed E-state index contributed by atoms with van der Waals surface area (Å²) in [6, 6.07) is 1.13. The predicted molar refractivity (Wildman–Crippen MR) is 89.9 cm³/mol. The number of esters is 1. The van der Waals surface area contributed by atoms with Crippen molar-refractivity contribution in [1.29, 1.82) is 5.26 Å². The molecule has 1 heterocycles. The standard InChI is InChI=1S/C15H18ClN3O3S/c1-5-22-15(21)10(6-17)12(19-9(3)14(20)18-4)13-11(16)8(2)7-23-13/h7,9-10H,5H2,1-4H3,(H,18,20)/t9-,10?/m1/s1. The number of halogens is 1. The zero-order valence-corrected chi connectivity index (χ0v) is 14.9. The average Bonchev–Trinajstić information content (AvgIpc) is 2.85. The topological polar surface area (TPSA) is 91.6 Å². The maximum Gasteiger partial charge on any atom is 0.329 e. The number of aryl methyl sites for hydroxylation is 1. The summed E-state index contributed by atoms with van der Waals surface area (Å²) in [7, 11) is 1.49. The van der Waals surface area contributed by atoms with Gasteiger partial charge in [-0.3, -0.25) is 14.6 Å². The van der Waals surface area contributed by atoms with E-state index in [0.717, 1.165) is 5.56 Å². The molecule has 6 nitrogen and oxygen atoms in total. The minimum Gasteiger partial charge on any atom is -0.465 e. The smallest absolute Gasteiger partial charge is 0.329 e. The second-order valence-corrected chi connectivity index (χ2v) is 5.94. The molecule has 23 heavy (non-hydrogen) atoms. The van der Waals surface area contributed by atoms with E-state index in [0.29, 0.717) is 9.90 Å². The Labute approximate surface area is 144 Å². The highest BCUT2D eigenvalue weighted by molar-refractivity contribution is 7.13. The number of amides is 1. The Bertz CT molecular complexity index is 663. The maximum absolute atomic E-state index is 12.1. The quantitative estimate of drug-likeness (QED) is 0.626. The van der Waals surface area contributed by atoms with Gasteiger partial charge in [0, 0.05) is 7.05 Å². The second kappa shape index (κ2) is 8.65. The van der Waals surface area contributed by atoms with Crippen LogP contribution in [-0.4, -0.2) is 37.3 Å². The molecule has 1 rings (SSSR count). The summed E-state index contributed by atoms with van der Waals surface area (Å²) in [4.78, 5) is 28.6. The Morgan fingerprint density at radius 3 is 2.65 bits per heavy atom. The number of nitrogens with zero attached hydrogens (tertiary/aromatic N) is 2. The number of thiophene rings is 1. The van der Waals surface area contributed by atoms with E-state index in [9.17, 15) is 14.9 Å². The van der Waals surface area contributed by atoms with Crippen LogP contribution in [0.2, 0.25) is 5.02 Å². The van der Waals surface area contributed by atoms with E-state index in [1.54, 1.807) is 19.2 Å². The van der Waals surface area contributed by atoms with Crippen molar-refractivity contribution in [3.05, 3.63) is 20.8 Å². The third-order valence-corrected chi connectivity index (χ3v) is 4.73. The molecule has 0 radical (unpaired) electrons. The summed E-state index contributed by atoms with van der Waals surface area (Å²) in [5.41, 5.74) is 0.970.